The Hall–Kier alpha value is -2.30. The van der Waals surface area contributed by atoms with E-state index >= 15 is 0 Å². The average Bonchev–Trinajstić information content (AvgIpc) is 2.67. The van der Waals surface area contributed by atoms with Gasteiger partial charge >= 0.3 is 5.97 Å². The van der Waals surface area contributed by atoms with E-state index < -0.39 is 5.97 Å². The molecule has 1 saturated heterocycles. The molecule has 1 aromatic rings. The molecule has 2 aliphatic rings. The van der Waals surface area contributed by atoms with Crippen LogP contribution in [0.25, 0.3) is 0 Å². The summed E-state index contributed by atoms with van der Waals surface area (Å²) in [6.07, 6.45) is 9.11. The van der Waals surface area contributed by atoms with E-state index in [1.807, 2.05) is 24.3 Å². The van der Waals surface area contributed by atoms with Crippen molar-refractivity contribution in [2.24, 2.45) is 11.8 Å². The molecule has 0 saturated carbocycles. The van der Waals surface area contributed by atoms with Gasteiger partial charge < -0.3 is 15.3 Å². The Morgan fingerprint density at radius 3 is 2.40 bits per heavy atom. The van der Waals surface area contributed by atoms with Crippen LogP contribution in [0.15, 0.2) is 36.4 Å². The van der Waals surface area contributed by atoms with Gasteiger partial charge in [-0.25, -0.2) is 0 Å². The molecule has 1 aromatic carbocycles. The minimum Gasteiger partial charge on any atom is -0.481 e. The number of likely N-dealkylation sites (tertiary alicyclic amines) is 1. The molecule has 1 aliphatic carbocycles. The smallest absolute Gasteiger partial charge is 0.306 e. The van der Waals surface area contributed by atoms with E-state index in [9.17, 15) is 9.59 Å². The Labute approximate surface area is 148 Å². The van der Waals surface area contributed by atoms with E-state index in [0.29, 0.717) is 37.4 Å². The molecule has 1 atom stereocenters. The summed E-state index contributed by atoms with van der Waals surface area (Å²) in [6, 6.07) is 7.62. The number of nitrogens with zero attached hydrogens (tertiary/aromatic N) is 1. The predicted octanol–water partition coefficient (Wildman–Crippen LogP) is 3.39. The van der Waals surface area contributed by atoms with Crippen molar-refractivity contribution in [1.82, 2.24) is 4.90 Å². The lowest BCUT2D eigenvalue weighted by Crippen LogP contribution is -2.40. The molecule has 1 fully saturated rings. The van der Waals surface area contributed by atoms with Crippen LogP contribution in [0, 0.1) is 11.8 Å². The molecule has 3 rings (SSSR count). The van der Waals surface area contributed by atoms with Gasteiger partial charge in [0.15, 0.2) is 0 Å². The number of piperidine rings is 1. The van der Waals surface area contributed by atoms with Crippen LogP contribution in [-0.2, 0) is 4.79 Å². The third-order valence-corrected chi connectivity index (χ3v) is 5.24. The van der Waals surface area contributed by atoms with Crippen molar-refractivity contribution in [1.29, 1.82) is 0 Å². The number of carboxylic acid groups (broad SMARTS) is 1. The molecule has 1 heterocycles. The topological polar surface area (TPSA) is 69.6 Å². The Morgan fingerprint density at radius 2 is 1.80 bits per heavy atom. The monoisotopic (exact) mass is 342 g/mol. The molecule has 25 heavy (non-hydrogen) atoms. The van der Waals surface area contributed by atoms with E-state index in [1.54, 1.807) is 4.90 Å². The van der Waals surface area contributed by atoms with Crippen LogP contribution in [0.2, 0.25) is 0 Å². The minimum atomic E-state index is -0.754. The largest absolute Gasteiger partial charge is 0.481 e. The van der Waals surface area contributed by atoms with Gasteiger partial charge in [-0.3, -0.25) is 9.59 Å². The van der Waals surface area contributed by atoms with Gasteiger partial charge in [-0.15, -0.1) is 0 Å². The number of nitrogens with one attached hydrogen (secondary N) is 1. The quantitative estimate of drug-likeness (QED) is 0.805. The first-order chi connectivity index (χ1) is 12.1. The second-order valence-corrected chi connectivity index (χ2v) is 7.01. The number of carbonyl (C=O) groups is 2. The summed E-state index contributed by atoms with van der Waals surface area (Å²) in [7, 11) is 0. The number of amides is 1. The van der Waals surface area contributed by atoms with Gasteiger partial charge in [0, 0.05) is 30.9 Å². The molecule has 0 aromatic heterocycles. The van der Waals surface area contributed by atoms with E-state index in [-0.39, 0.29) is 11.8 Å². The number of anilines is 1. The normalized spacial score (nSPS) is 21.1. The number of hydrogen-bond acceptors (Lipinski definition) is 3. The van der Waals surface area contributed by atoms with E-state index in [1.165, 1.54) is 12.8 Å². The number of allylic oxidation sites excluding steroid dienone is 2. The van der Waals surface area contributed by atoms with Crippen molar-refractivity contribution in [3.63, 3.8) is 0 Å². The highest BCUT2D eigenvalue weighted by Gasteiger charge is 2.27. The number of carbonyl (C=O) groups excluding carboxylic acids is 1. The lowest BCUT2D eigenvalue weighted by molar-refractivity contribution is -0.143. The first-order valence-corrected chi connectivity index (χ1v) is 9.14. The van der Waals surface area contributed by atoms with Gasteiger partial charge in [0.05, 0.1) is 5.92 Å². The summed E-state index contributed by atoms with van der Waals surface area (Å²) < 4.78 is 0. The summed E-state index contributed by atoms with van der Waals surface area (Å²) in [4.78, 5) is 25.3. The number of benzene rings is 1. The lowest BCUT2D eigenvalue weighted by atomic mass is 9.94. The summed E-state index contributed by atoms with van der Waals surface area (Å²) in [5.74, 6) is -0.393. The number of hydrogen-bond donors (Lipinski definition) is 2. The minimum absolute atomic E-state index is 0.00666. The van der Waals surface area contributed by atoms with Gasteiger partial charge in [0.2, 0.25) is 0 Å². The Kier molecular flexibility index (Phi) is 5.74. The lowest BCUT2D eigenvalue weighted by Gasteiger charge is -2.30. The first-order valence-electron chi connectivity index (χ1n) is 9.14. The summed E-state index contributed by atoms with van der Waals surface area (Å²) in [5.41, 5.74) is 1.70. The predicted molar refractivity (Wildman–Crippen MR) is 97.7 cm³/mol. The highest BCUT2D eigenvalue weighted by molar-refractivity contribution is 5.94. The fourth-order valence-corrected chi connectivity index (χ4v) is 3.55. The van der Waals surface area contributed by atoms with Crippen LogP contribution >= 0.6 is 0 Å². The maximum Gasteiger partial charge on any atom is 0.306 e. The van der Waals surface area contributed by atoms with E-state index in [2.05, 4.69) is 17.5 Å². The third-order valence-electron chi connectivity index (χ3n) is 5.24. The fourth-order valence-electron chi connectivity index (χ4n) is 3.55. The first kappa shape index (κ1) is 17.5. The van der Waals surface area contributed by atoms with Gasteiger partial charge in [0.1, 0.15) is 0 Å². The zero-order valence-electron chi connectivity index (χ0n) is 14.5. The third kappa shape index (κ3) is 4.62. The molecule has 1 unspecified atom stereocenters. The summed E-state index contributed by atoms with van der Waals surface area (Å²) in [5, 5.41) is 12.5. The van der Waals surface area contributed by atoms with Gasteiger partial charge in [-0.05, 0) is 62.3 Å². The fraction of sp³-hybridized carbons (Fsp3) is 0.500. The van der Waals surface area contributed by atoms with Crippen LogP contribution in [0.5, 0.6) is 0 Å². The van der Waals surface area contributed by atoms with Gasteiger partial charge in [0.25, 0.3) is 5.91 Å². The van der Waals surface area contributed by atoms with Crippen molar-refractivity contribution in [2.45, 2.75) is 32.1 Å². The van der Waals surface area contributed by atoms with Crippen LogP contribution in [0.3, 0.4) is 0 Å². The maximum absolute atomic E-state index is 12.5. The standard InChI is InChI=1S/C20H26N2O3/c23-19(22-12-10-17(11-13-22)20(24)25)16-6-8-18(9-7-16)21-14-15-4-2-1-3-5-15/h1-2,6-9,15,17,21H,3-5,10-14H2,(H,24,25). The Bertz CT molecular complexity index is 631. The molecule has 2 N–H and O–H groups in total. The maximum atomic E-state index is 12.5. The zero-order valence-corrected chi connectivity index (χ0v) is 14.5. The number of rotatable bonds is 5. The summed E-state index contributed by atoms with van der Waals surface area (Å²) >= 11 is 0. The molecule has 0 radical (unpaired) electrons. The molecule has 1 aliphatic heterocycles. The Morgan fingerprint density at radius 1 is 1.08 bits per heavy atom. The van der Waals surface area contributed by atoms with E-state index in [4.69, 9.17) is 5.11 Å². The molecule has 1 amide bonds. The van der Waals surface area contributed by atoms with Crippen molar-refractivity contribution in [3.8, 4) is 0 Å². The molecule has 5 nitrogen and oxygen atoms in total. The van der Waals surface area contributed by atoms with Crippen molar-refractivity contribution < 1.29 is 14.7 Å². The summed E-state index contributed by atoms with van der Waals surface area (Å²) in [6.45, 7) is 2.00. The van der Waals surface area contributed by atoms with Gasteiger partial charge in [-0.2, -0.15) is 0 Å². The van der Waals surface area contributed by atoms with Gasteiger partial charge in [-0.1, -0.05) is 12.2 Å². The van der Waals surface area contributed by atoms with Crippen LogP contribution in [-0.4, -0.2) is 41.5 Å². The number of aliphatic carboxylic acids is 1. The molecule has 5 heteroatoms. The second-order valence-electron chi connectivity index (χ2n) is 7.01. The number of carboxylic acids is 1. The Balaban J connectivity index is 1.50. The van der Waals surface area contributed by atoms with Crippen LogP contribution < -0.4 is 5.32 Å². The highest BCUT2D eigenvalue weighted by atomic mass is 16.4. The van der Waals surface area contributed by atoms with Crippen molar-refractivity contribution >= 4 is 17.6 Å². The molecule has 0 bridgehead atoms. The van der Waals surface area contributed by atoms with E-state index in [0.717, 1.165) is 18.7 Å². The van der Waals surface area contributed by atoms with Crippen molar-refractivity contribution in [3.05, 3.63) is 42.0 Å². The van der Waals surface area contributed by atoms with Crippen molar-refractivity contribution in [2.75, 3.05) is 25.0 Å². The second kappa shape index (κ2) is 8.19. The SMILES string of the molecule is O=C(O)C1CCN(C(=O)c2ccc(NCC3CC=CCC3)cc2)CC1. The highest BCUT2D eigenvalue weighted by Crippen LogP contribution is 2.21. The molecular formula is C20H26N2O3. The van der Waals surface area contributed by atoms with Crippen LogP contribution in [0.4, 0.5) is 5.69 Å². The molecule has 0 spiro atoms. The molecular weight excluding hydrogens is 316 g/mol. The van der Waals surface area contributed by atoms with Crippen LogP contribution in [0.1, 0.15) is 42.5 Å². The molecule has 134 valence electrons. The average molecular weight is 342 g/mol. The zero-order chi connectivity index (χ0) is 17.6.